The van der Waals surface area contributed by atoms with Gasteiger partial charge in [0.05, 0.1) is 13.2 Å². The highest BCUT2D eigenvalue weighted by molar-refractivity contribution is 9.09. The van der Waals surface area contributed by atoms with Crippen molar-refractivity contribution in [3.8, 4) is 0 Å². The van der Waals surface area contributed by atoms with E-state index in [0.717, 1.165) is 24.0 Å². The summed E-state index contributed by atoms with van der Waals surface area (Å²) in [5.41, 5.74) is 0. The van der Waals surface area contributed by atoms with Crippen LogP contribution in [0.4, 0.5) is 0 Å². The average molecular weight is 279 g/mol. The van der Waals surface area contributed by atoms with E-state index in [4.69, 9.17) is 9.47 Å². The van der Waals surface area contributed by atoms with Crippen molar-refractivity contribution < 1.29 is 9.47 Å². The van der Waals surface area contributed by atoms with Crippen molar-refractivity contribution >= 4 is 15.9 Å². The van der Waals surface area contributed by atoms with E-state index in [1.165, 1.54) is 38.5 Å². The first kappa shape index (κ1) is 13.5. The normalized spacial score (nSPS) is 18.0. The van der Waals surface area contributed by atoms with Crippen LogP contribution in [0.5, 0.6) is 0 Å². The van der Waals surface area contributed by atoms with Gasteiger partial charge >= 0.3 is 0 Å². The zero-order valence-electron chi connectivity index (χ0n) is 9.71. The van der Waals surface area contributed by atoms with Gasteiger partial charge in [-0.15, -0.1) is 0 Å². The van der Waals surface area contributed by atoms with E-state index >= 15 is 0 Å². The fourth-order valence-corrected chi connectivity index (χ4v) is 2.51. The fourth-order valence-electron chi connectivity index (χ4n) is 1.66. The summed E-state index contributed by atoms with van der Waals surface area (Å²) in [7, 11) is 1.71. The molecule has 90 valence electrons. The van der Waals surface area contributed by atoms with Gasteiger partial charge in [-0.05, 0) is 31.6 Å². The molecule has 15 heavy (non-hydrogen) atoms. The highest BCUT2D eigenvalue weighted by atomic mass is 79.9. The molecule has 0 aromatic rings. The molecule has 0 spiro atoms. The van der Waals surface area contributed by atoms with Crippen LogP contribution >= 0.6 is 15.9 Å². The summed E-state index contributed by atoms with van der Waals surface area (Å²) < 4.78 is 10.3. The van der Waals surface area contributed by atoms with Crippen molar-refractivity contribution in [1.82, 2.24) is 0 Å². The monoisotopic (exact) mass is 278 g/mol. The molecule has 0 radical (unpaired) electrons. The summed E-state index contributed by atoms with van der Waals surface area (Å²) >= 11 is 3.76. The molecule has 3 heteroatoms. The van der Waals surface area contributed by atoms with Crippen LogP contribution in [0.25, 0.3) is 0 Å². The number of hydrogen-bond donors (Lipinski definition) is 0. The molecule has 0 heterocycles. The molecule has 1 atom stereocenters. The van der Waals surface area contributed by atoms with Gasteiger partial charge in [-0.2, -0.15) is 0 Å². The van der Waals surface area contributed by atoms with Crippen LogP contribution in [-0.2, 0) is 9.47 Å². The second-order valence-corrected chi connectivity index (χ2v) is 5.48. The van der Waals surface area contributed by atoms with Crippen molar-refractivity contribution in [2.45, 2.75) is 43.4 Å². The number of ether oxygens (including phenoxy) is 2. The maximum absolute atomic E-state index is 5.40. The largest absolute Gasteiger partial charge is 0.382 e. The van der Waals surface area contributed by atoms with E-state index in [1.807, 2.05) is 0 Å². The molecule has 1 aliphatic carbocycles. The van der Waals surface area contributed by atoms with Crippen LogP contribution in [0.15, 0.2) is 0 Å². The SMILES string of the molecule is COCCOCCCCCC(Br)C1CC1. The lowest BCUT2D eigenvalue weighted by Gasteiger charge is -2.07. The van der Waals surface area contributed by atoms with E-state index in [9.17, 15) is 0 Å². The Kier molecular flexibility index (Phi) is 7.67. The van der Waals surface area contributed by atoms with E-state index < -0.39 is 0 Å². The highest BCUT2D eigenvalue weighted by Gasteiger charge is 2.28. The van der Waals surface area contributed by atoms with Crippen LogP contribution in [-0.4, -0.2) is 31.8 Å². The Hall–Kier alpha value is 0.400. The third kappa shape index (κ3) is 7.31. The molecule has 0 aliphatic heterocycles. The van der Waals surface area contributed by atoms with Crippen LogP contribution < -0.4 is 0 Å². The van der Waals surface area contributed by atoms with E-state index in [0.29, 0.717) is 6.61 Å². The quantitative estimate of drug-likeness (QED) is 0.451. The molecule has 0 N–H and O–H groups in total. The van der Waals surface area contributed by atoms with Crippen molar-refractivity contribution in [2.75, 3.05) is 26.9 Å². The molecular weight excluding hydrogens is 256 g/mol. The topological polar surface area (TPSA) is 18.5 Å². The lowest BCUT2D eigenvalue weighted by Crippen LogP contribution is -2.03. The Bertz CT molecular complexity index is 149. The number of halogens is 1. The van der Waals surface area contributed by atoms with Crippen molar-refractivity contribution in [1.29, 1.82) is 0 Å². The molecule has 0 saturated heterocycles. The van der Waals surface area contributed by atoms with Crippen molar-refractivity contribution in [3.05, 3.63) is 0 Å². The average Bonchev–Trinajstić information content (AvgIpc) is 3.05. The maximum Gasteiger partial charge on any atom is 0.0700 e. The lowest BCUT2D eigenvalue weighted by molar-refractivity contribution is 0.0686. The predicted molar refractivity (Wildman–Crippen MR) is 66.6 cm³/mol. The Labute approximate surface area is 102 Å². The van der Waals surface area contributed by atoms with Gasteiger partial charge in [-0.25, -0.2) is 0 Å². The standard InChI is InChI=1S/C12H23BrO2/c1-14-9-10-15-8-4-2-3-5-12(13)11-6-7-11/h11-12H,2-10H2,1H3. The lowest BCUT2D eigenvalue weighted by atomic mass is 10.1. The molecular formula is C12H23BrO2. The van der Waals surface area contributed by atoms with E-state index in [2.05, 4.69) is 15.9 Å². The molecule has 0 bridgehead atoms. The first-order valence-corrected chi connectivity index (χ1v) is 6.97. The molecule has 0 aromatic heterocycles. The van der Waals surface area contributed by atoms with Gasteiger partial charge in [-0.1, -0.05) is 28.8 Å². The Morgan fingerprint density at radius 3 is 2.60 bits per heavy atom. The van der Waals surface area contributed by atoms with Gasteiger partial charge in [0.15, 0.2) is 0 Å². The molecule has 1 rings (SSSR count). The Morgan fingerprint density at radius 1 is 1.13 bits per heavy atom. The first-order chi connectivity index (χ1) is 7.34. The van der Waals surface area contributed by atoms with Gasteiger partial charge in [0, 0.05) is 18.5 Å². The minimum absolute atomic E-state index is 0.713. The summed E-state index contributed by atoms with van der Waals surface area (Å²) in [5.74, 6) is 0.989. The second-order valence-electron chi connectivity index (χ2n) is 4.31. The molecule has 1 fully saturated rings. The highest BCUT2D eigenvalue weighted by Crippen LogP contribution is 2.38. The van der Waals surface area contributed by atoms with Gasteiger partial charge in [0.25, 0.3) is 0 Å². The summed E-state index contributed by atoms with van der Waals surface area (Å²) in [6, 6.07) is 0. The molecule has 0 amide bonds. The number of hydrogen-bond acceptors (Lipinski definition) is 2. The van der Waals surface area contributed by atoms with Crippen molar-refractivity contribution in [2.24, 2.45) is 5.92 Å². The Balaban J connectivity index is 1.72. The summed E-state index contributed by atoms with van der Waals surface area (Å²) in [5, 5.41) is 0. The first-order valence-electron chi connectivity index (χ1n) is 6.05. The van der Waals surface area contributed by atoms with Crippen LogP contribution in [0.3, 0.4) is 0 Å². The molecule has 1 unspecified atom stereocenters. The maximum atomic E-state index is 5.40. The predicted octanol–water partition coefficient (Wildman–Crippen LogP) is 3.38. The van der Waals surface area contributed by atoms with Crippen LogP contribution in [0.2, 0.25) is 0 Å². The third-order valence-corrected chi connectivity index (χ3v) is 4.04. The van der Waals surface area contributed by atoms with Crippen LogP contribution in [0.1, 0.15) is 38.5 Å². The minimum atomic E-state index is 0.713. The van der Waals surface area contributed by atoms with Crippen LogP contribution in [0, 0.1) is 5.92 Å². The smallest absolute Gasteiger partial charge is 0.0700 e. The fraction of sp³-hybridized carbons (Fsp3) is 1.00. The molecule has 1 aliphatic rings. The zero-order chi connectivity index (χ0) is 10.9. The zero-order valence-corrected chi connectivity index (χ0v) is 11.3. The third-order valence-electron chi connectivity index (χ3n) is 2.83. The van der Waals surface area contributed by atoms with Gasteiger partial charge in [0.2, 0.25) is 0 Å². The number of unbranched alkanes of at least 4 members (excludes halogenated alkanes) is 2. The number of methoxy groups -OCH3 is 1. The van der Waals surface area contributed by atoms with Gasteiger partial charge < -0.3 is 9.47 Å². The summed E-state index contributed by atoms with van der Waals surface area (Å²) in [4.78, 5) is 0.784. The molecule has 2 nitrogen and oxygen atoms in total. The summed E-state index contributed by atoms with van der Waals surface area (Å²) in [6.07, 6.45) is 8.03. The van der Waals surface area contributed by atoms with E-state index in [1.54, 1.807) is 7.11 Å². The Morgan fingerprint density at radius 2 is 1.93 bits per heavy atom. The molecule has 0 aromatic carbocycles. The number of alkyl halides is 1. The van der Waals surface area contributed by atoms with Crippen molar-refractivity contribution in [3.63, 3.8) is 0 Å². The van der Waals surface area contributed by atoms with Gasteiger partial charge in [-0.3, -0.25) is 0 Å². The minimum Gasteiger partial charge on any atom is -0.382 e. The summed E-state index contributed by atoms with van der Waals surface area (Å²) in [6.45, 7) is 2.34. The second kappa shape index (κ2) is 8.54. The van der Waals surface area contributed by atoms with E-state index in [-0.39, 0.29) is 0 Å². The molecule has 1 saturated carbocycles. The van der Waals surface area contributed by atoms with Gasteiger partial charge in [0.1, 0.15) is 0 Å². The number of rotatable bonds is 10.